The van der Waals surface area contributed by atoms with Gasteiger partial charge in [-0.05, 0) is 68.7 Å². The fourth-order valence-electron chi connectivity index (χ4n) is 4.26. The Balaban J connectivity index is 1.69. The van der Waals surface area contributed by atoms with Gasteiger partial charge in [-0.2, -0.15) is 0 Å². The van der Waals surface area contributed by atoms with Gasteiger partial charge in [0, 0.05) is 19.0 Å². The molecule has 1 fully saturated rings. The zero-order chi connectivity index (χ0) is 16.1. The summed E-state index contributed by atoms with van der Waals surface area (Å²) in [6.45, 7) is 5.18. The Hall–Kier alpha value is -1.35. The number of hydrogen-bond acceptors (Lipinski definition) is 2. The average Bonchev–Trinajstić information content (AvgIpc) is 2.60. The first-order chi connectivity index (χ1) is 11.3. The van der Waals surface area contributed by atoms with Crippen LogP contribution in [0.5, 0.6) is 0 Å². The van der Waals surface area contributed by atoms with E-state index in [0.29, 0.717) is 24.3 Å². The molecule has 0 bridgehead atoms. The molecule has 3 heteroatoms. The van der Waals surface area contributed by atoms with Crippen molar-refractivity contribution >= 4 is 5.91 Å². The standard InChI is InChI=1S/C20H30N2O/c1-2-14-22(18-10-12-21-13-11-18)20(23)15-17-8-5-7-16-6-3-4-9-19(16)17/h3-4,6,9,17-18,21H,2,5,7-8,10-15H2,1H3. The number of hydrogen-bond donors (Lipinski definition) is 1. The Morgan fingerprint density at radius 3 is 2.78 bits per heavy atom. The van der Waals surface area contributed by atoms with Gasteiger partial charge in [0.05, 0.1) is 0 Å². The van der Waals surface area contributed by atoms with Gasteiger partial charge >= 0.3 is 0 Å². The van der Waals surface area contributed by atoms with Crippen LogP contribution in [0.15, 0.2) is 24.3 Å². The number of piperidine rings is 1. The monoisotopic (exact) mass is 314 g/mol. The van der Waals surface area contributed by atoms with E-state index in [0.717, 1.165) is 45.3 Å². The second kappa shape index (κ2) is 7.96. The first-order valence-corrected chi connectivity index (χ1v) is 9.37. The van der Waals surface area contributed by atoms with Gasteiger partial charge in [-0.1, -0.05) is 31.2 Å². The van der Waals surface area contributed by atoms with E-state index < -0.39 is 0 Å². The van der Waals surface area contributed by atoms with Crippen LogP contribution in [0.25, 0.3) is 0 Å². The molecule has 1 heterocycles. The second-order valence-corrected chi connectivity index (χ2v) is 7.06. The number of nitrogens with zero attached hydrogens (tertiary/aromatic N) is 1. The molecule has 0 radical (unpaired) electrons. The lowest BCUT2D eigenvalue weighted by Gasteiger charge is -2.36. The van der Waals surface area contributed by atoms with Gasteiger partial charge < -0.3 is 10.2 Å². The lowest BCUT2D eigenvalue weighted by molar-refractivity contribution is -0.134. The molecular formula is C20H30N2O. The topological polar surface area (TPSA) is 32.3 Å². The molecule has 1 N–H and O–H groups in total. The molecule has 23 heavy (non-hydrogen) atoms. The minimum atomic E-state index is 0.375. The zero-order valence-corrected chi connectivity index (χ0v) is 14.4. The lowest BCUT2D eigenvalue weighted by atomic mass is 9.81. The van der Waals surface area contributed by atoms with Crippen LogP contribution >= 0.6 is 0 Å². The molecule has 0 aromatic heterocycles. The largest absolute Gasteiger partial charge is 0.340 e. The fourth-order valence-corrected chi connectivity index (χ4v) is 4.26. The maximum atomic E-state index is 13.0. The minimum Gasteiger partial charge on any atom is -0.340 e. The number of aryl methyl sites for hydroxylation is 1. The SMILES string of the molecule is CCCN(C(=O)CC1CCCc2ccccc21)C1CCNCC1. The van der Waals surface area contributed by atoms with Gasteiger partial charge in [0.1, 0.15) is 0 Å². The summed E-state index contributed by atoms with van der Waals surface area (Å²) in [5.74, 6) is 0.800. The molecule has 0 saturated carbocycles. The molecular weight excluding hydrogens is 284 g/mol. The van der Waals surface area contributed by atoms with Gasteiger partial charge in [-0.15, -0.1) is 0 Å². The normalized spacial score (nSPS) is 21.7. The molecule has 1 atom stereocenters. The summed E-state index contributed by atoms with van der Waals surface area (Å²) in [7, 11) is 0. The highest BCUT2D eigenvalue weighted by molar-refractivity contribution is 5.77. The van der Waals surface area contributed by atoms with Crippen LogP contribution in [0.3, 0.4) is 0 Å². The first kappa shape index (κ1) is 16.5. The van der Waals surface area contributed by atoms with Gasteiger partial charge in [-0.3, -0.25) is 4.79 Å². The van der Waals surface area contributed by atoms with E-state index in [1.54, 1.807) is 0 Å². The van der Waals surface area contributed by atoms with E-state index in [1.807, 2.05) is 0 Å². The maximum absolute atomic E-state index is 13.0. The average molecular weight is 314 g/mol. The van der Waals surface area contributed by atoms with Gasteiger partial charge in [0.15, 0.2) is 0 Å². The third-order valence-corrected chi connectivity index (χ3v) is 5.45. The van der Waals surface area contributed by atoms with Crippen molar-refractivity contribution in [3.63, 3.8) is 0 Å². The lowest BCUT2D eigenvalue weighted by Crippen LogP contribution is -2.46. The zero-order valence-electron chi connectivity index (χ0n) is 14.4. The van der Waals surface area contributed by atoms with E-state index in [-0.39, 0.29) is 0 Å². The summed E-state index contributed by atoms with van der Waals surface area (Å²) in [6.07, 6.45) is 7.51. The third-order valence-electron chi connectivity index (χ3n) is 5.45. The van der Waals surface area contributed by atoms with Crippen LogP contribution in [-0.2, 0) is 11.2 Å². The van der Waals surface area contributed by atoms with Crippen molar-refractivity contribution in [1.82, 2.24) is 10.2 Å². The number of nitrogens with one attached hydrogen (secondary N) is 1. The van der Waals surface area contributed by atoms with Crippen LogP contribution < -0.4 is 5.32 Å². The van der Waals surface area contributed by atoms with Gasteiger partial charge in [-0.25, -0.2) is 0 Å². The highest BCUT2D eigenvalue weighted by atomic mass is 16.2. The first-order valence-electron chi connectivity index (χ1n) is 9.37. The van der Waals surface area contributed by atoms with Crippen molar-refractivity contribution in [2.24, 2.45) is 0 Å². The van der Waals surface area contributed by atoms with E-state index in [4.69, 9.17) is 0 Å². The Morgan fingerprint density at radius 1 is 1.22 bits per heavy atom. The van der Waals surface area contributed by atoms with Crippen molar-refractivity contribution in [3.8, 4) is 0 Å². The number of carbonyl (C=O) groups excluding carboxylic acids is 1. The molecule has 1 aliphatic carbocycles. The number of rotatable bonds is 5. The summed E-state index contributed by atoms with van der Waals surface area (Å²) >= 11 is 0. The van der Waals surface area contributed by atoms with Crippen LogP contribution in [0, 0.1) is 0 Å². The predicted octanol–water partition coefficient (Wildman–Crippen LogP) is 3.49. The van der Waals surface area contributed by atoms with Crippen molar-refractivity contribution < 1.29 is 4.79 Å². The summed E-state index contributed by atoms with van der Waals surface area (Å²) in [5.41, 5.74) is 2.88. The van der Waals surface area contributed by atoms with Gasteiger partial charge in [0.2, 0.25) is 5.91 Å². The Labute approximate surface area is 140 Å². The highest BCUT2D eigenvalue weighted by Gasteiger charge is 2.28. The Bertz CT molecular complexity index is 522. The Kier molecular flexibility index (Phi) is 5.71. The van der Waals surface area contributed by atoms with Crippen molar-refractivity contribution in [3.05, 3.63) is 35.4 Å². The molecule has 1 aliphatic heterocycles. The van der Waals surface area contributed by atoms with Crippen LogP contribution in [0.4, 0.5) is 0 Å². The van der Waals surface area contributed by atoms with Crippen molar-refractivity contribution in [2.45, 2.75) is 63.8 Å². The van der Waals surface area contributed by atoms with Crippen LogP contribution in [0.2, 0.25) is 0 Å². The Morgan fingerprint density at radius 2 is 2.00 bits per heavy atom. The molecule has 1 aromatic rings. The van der Waals surface area contributed by atoms with Crippen molar-refractivity contribution in [2.75, 3.05) is 19.6 Å². The molecule has 126 valence electrons. The molecule has 1 saturated heterocycles. The molecule has 1 aromatic carbocycles. The summed E-state index contributed by atoms with van der Waals surface area (Å²) < 4.78 is 0. The van der Waals surface area contributed by atoms with Gasteiger partial charge in [0.25, 0.3) is 0 Å². The van der Waals surface area contributed by atoms with E-state index in [1.165, 1.54) is 24.0 Å². The number of fused-ring (bicyclic) bond motifs is 1. The number of amides is 1. The van der Waals surface area contributed by atoms with E-state index in [9.17, 15) is 4.79 Å². The molecule has 0 spiro atoms. The molecule has 2 aliphatic rings. The summed E-state index contributed by atoms with van der Waals surface area (Å²) in [4.78, 5) is 15.2. The van der Waals surface area contributed by atoms with E-state index in [2.05, 4.69) is 41.4 Å². The second-order valence-electron chi connectivity index (χ2n) is 7.06. The quantitative estimate of drug-likeness (QED) is 0.902. The van der Waals surface area contributed by atoms with E-state index >= 15 is 0 Å². The summed E-state index contributed by atoms with van der Waals surface area (Å²) in [6, 6.07) is 9.17. The smallest absolute Gasteiger partial charge is 0.223 e. The third kappa shape index (κ3) is 3.95. The highest BCUT2D eigenvalue weighted by Crippen LogP contribution is 2.34. The number of benzene rings is 1. The maximum Gasteiger partial charge on any atom is 0.223 e. The minimum absolute atomic E-state index is 0.375. The molecule has 1 amide bonds. The van der Waals surface area contributed by atoms with Crippen LogP contribution in [0.1, 0.15) is 62.5 Å². The molecule has 1 unspecified atom stereocenters. The predicted molar refractivity (Wildman–Crippen MR) is 94.6 cm³/mol. The number of carbonyl (C=O) groups is 1. The summed E-state index contributed by atoms with van der Waals surface area (Å²) in [5, 5.41) is 3.41. The molecule has 3 rings (SSSR count). The fraction of sp³-hybridized carbons (Fsp3) is 0.650. The van der Waals surface area contributed by atoms with Crippen LogP contribution in [-0.4, -0.2) is 36.5 Å². The van der Waals surface area contributed by atoms with Crippen molar-refractivity contribution in [1.29, 1.82) is 0 Å². The molecule has 3 nitrogen and oxygen atoms in total.